The molecule has 162 valence electrons. The largest absolute Gasteiger partial charge is 0.507 e. The molecular weight excluding hydrogens is 446 g/mol. The van der Waals surface area contributed by atoms with Gasteiger partial charge in [0.2, 0.25) is 5.91 Å². The van der Waals surface area contributed by atoms with Gasteiger partial charge in [-0.05, 0) is 24.0 Å². The molecule has 0 saturated carbocycles. The molecule has 31 heavy (non-hydrogen) atoms. The van der Waals surface area contributed by atoms with E-state index >= 15 is 4.39 Å². The maximum atomic E-state index is 15.4. The third kappa shape index (κ3) is 3.99. The van der Waals surface area contributed by atoms with Crippen LogP contribution in [-0.4, -0.2) is 57.8 Å². The molecule has 1 aromatic heterocycles. The summed E-state index contributed by atoms with van der Waals surface area (Å²) >= 11 is 10.4. The number of anilines is 1. The second kappa shape index (κ2) is 8.84. The fraction of sp³-hybridized carbons (Fsp3) is 0.286. The summed E-state index contributed by atoms with van der Waals surface area (Å²) in [5, 5.41) is 10.4. The molecule has 2 heterocycles. The zero-order chi connectivity index (χ0) is 22.1. The first kappa shape index (κ1) is 21.6. The highest BCUT2D eigenvalue weighted by atomic mass is 35.5. The monoisotopic (exact) mass is 464 g/mol. The SMILES string of the molecule is O=C(CCS)N1CCN(c2ncnc3c(F)c(-c4c(O)cccc4F)c(Cl)cc23)CC1. The van der Waals surface area contributed by atoms with Crippen molar-refractivity contribution in [3.63, 3.8) is 0 Å². The van der Waals surface area contributed by atoms with Crippen LogP contribution in [0.4, 0.5) is 14.6 Å². The van der Waals surface area contributed by atoms with E-state index < -0.39 is 17.4 Å². The van der Waals surface area contributed by atoms with Gasteiger partial charge in [-0.25, -0.2) is 18.7 Å². The number of nitrogens with zero attached hydrogens (tertiary/aromatic N) is 4. The van der Waals surface area contributed by atoms with E-state index in [1.165, 1.54) is 24.5 Å². The maximum Gasteiger partial charge on any atom is 0.223 e. The Bertz CT molecular complexity index is 1140. The molecule has 0 unspecified atom stereocenters. The van der Waals surface area contributed by atoms with E-state index in [0.29, 0.717) is 49.6 Å². The van der Waals surface area contributed by atoms with Crippen molar-refractivity contribution in [3.05, 3.63) is 47.2 Å². The number of carbonyl (C=O) groups is 1. The predicted octanol–water partition coefficient (Wildman–Crippen LogP) is 3.90. The van der Waals surface area contributed by atoms with E-state index in [1.54, 1.807) is 4.90 Å². The van der Waals surface area contributed by atoms with Crippen molar-refractivity contribution in [2.24, 2.45) is 0 Å². The molecule has 1 N–H and O–H groups in total. The number of benzene rings is 2. The van der Waals surface area contributed by atoms with Gasteiger partial charge in [0, 0.05) is 43.5 Å². The standard InChI is InChI=1S/C21H19ClF2N4O2S/c22-13-10-12-20(19(24)17(13)18-14(23)2-1-3-15(18)29)25-11-26-21(12)28-7-5-27(6-8-28)16(30)4-9-31/h1-3,10-11,29,31H,4-9H2. The zero-order valence-electron chi connectivity index (χ0n) is 16.4. The van der Waals surface area contributed by atoms with Gasteiger partial charge in [-0.1, -0.05) is 17.7 Å². The van der Waals surface area contributed by atoms with E-state index in [1.807, 2.05) is 4.90 Å². The number of aromatic nitrogens is 2. The minimum atomic E-state index is -0.839. The van der Waals surface area contributed by atoms with Crippen LogP contribution in [0.2, 0.25) is 5.02 Å². The molecule has 0 spiro atoms. The van der Waals surface area contributed by atoms with Gasteiger partial charge < -0.3 is 14.9 Å². The van der Waals surface area contributed by atoms with Crippen molar-refractivity contribution in [2.45, 2.75) is 6.42 Å². The molecule has 4 rings (SSSR count). The van der Waals surface area contributed by atoms with Gasteiger partial charge in [-0.15, -0.1) is 0 Å². The number of thiol groups is 1. The number of hydrogen-bond donors (Lipinski definition) is 2. The first-order valence-electron chi connectivity index (χ1n) is 9.66. The van der Waals surface area contributed by atoms with Crippen LogP contribution in [0.25, 0.3) is 22.0 Å². The Morgan fingerprint density at radius 2 is 1.90 bits per heavy atom. The van der Waals surface area contributed by atoms with E-state index in [4.69, 9.17) is 11.6 Å². The molecule has 1 aliphatic heterocycles. The minimum Gasteiger partial charge on any atom is -0.507 e. The van der Waals surface area contributed by atoms with E-state index in [9.17, 15) is 14.3 Å². The van der Waals surface area contributed by atoms with Gasteiger partial charge in [0.05, 0.1) is 10.6 Å². The lowest BCUT2D eigenvalue weighted by atomic mass is 10.0. The van der Waals surface area contributed by atoms with Crippen LogP contribution in [0.15, 0.2) is 30.6 Å². The van der Waals surface area contributed by atoms with Crippen molar-refractivity contribution in [1.29, 1.82) is 0 Å². The molecular formula is C21H19ClF2N4O2S. The van der Waals surface area contributed by atoms with Crippen molar-refractivity contribution in [2.75, 3.05) is 36.8 Å². The summed E-state index contributed by atoms with van der Waals surface area (Å²) in [6, 6.07) is 5.18. The second-order valence-electron chi connectivity index (χ2n) is 7.12. The smallest absolute Gasteiger partial charge is 0.223 e. The Balaban J connectivity index is 1.73. The average Bonchev–Trinajstić information content (AvgIpc) is 2.75. The predicted molar refractivity (Wildman–Crippen MR) is 119 cm³/mol. The van der Waals surface area contributed by atoms with Crippen LogP contribution in [-0.2, 0) is 4.79 Å². The van der Waals surface area contributed by atoms with Crippen molar-refractivity contribution in [3.8, 4) is 16.9 Å². The summed E-state index contributed by atoms with van der Waals surface area (Å²) in [5.74, 6) is -1.03. The zero-order valence-corrected chi connectivity index (χ0v) is 18.0. The van der Waals surface area contributed by atoms with Crippen molar-refractivity contribution >= 4 is 46.9 Å². The van der Waals surface area contributed by atoms with Gasteiger partial charge in [0.25, 0.3) is 0 Å². The topological polar surface area (TPSA) is 69.6 Å². The summed E-state index contributed by atoms with van der Waals surface area (Å²) in [6.45, 7) is 2.05. The van der Waals surface area contributed by atoms with Gasteiger partial charge >= 0.3 is 0 Å². The van der Waals surface area contributed by atoms with Crippen LogP contribution in [0.1, 0.15) is 6.42 Å². The summed E-state index contributed by atoms with van der Waals surface area (Å²) in [6.07, 6.45) is 1.62. The maximum absolute atomic E-state index is 15.4. The molecule has 1 amide bonds. The highest BCUT2D eigenvalue weighted by molar-refractivity contribution is 7.80. The summed E-state index contributed by atoms with van der Waals surface area (Å²) in [5.41, 5.74) is -0.597. The first-order valence-corrected chi connectivity index (χ1v) is 10.7. The Morgan fingerprint density at radius 3 is 2.58 bits per heavy atom. The fourth-order valence-electron chi connectivity index (χ4n) is 3.78. The molecule has 10 heteroatoms. The van der Waals surface area contributed by atoms with E-state index in [2.05, 4.69) is 22.6 Å². The van der Waals surface area contributed by atoms with Crippen LogP contribution in [0.3, 0.4) is 0 Å². The molecule has 1 aliphatic rings. The summed E-state index contributed by atoms with van der Waals surface area (Å²) in [4.78, 5) is 24.1. The molecule has 1 fully saturated rings. The number of carbonyl (C=O) groups excluding carboxylic acids is 1. The molecule has 0 bridgehead atoms. The number of fused-ring (bicyclic) bond motifs is 1. The number of piperazine rings is 1. The molecule has 0 aliphatic carbocycles. The third-order valence-electron chi connectivity index (χ3n) is 5.30. The number of phenols is 1. The van der Waals surface area contributed by atoms with Gasteiger partial charge in [0.1, 0.15) is 29.2 Å². The van der Waals surface area contributed by atoms with Crippen LogP contribution in [0, 0.1) is 11.6 Å². The highest BCUT2D eigenvalue weighted by Crippen LogP contribution is 2.42. The lowest BCUT2D eigenvalue weighted by Crippen LogP contribution is -2.49. The average molecular weight is 465 g/mol. The second-order valence-corrected chi connectivity index (χ2v) is 7.97. The number of phenolic OH excluding ortho intramolecular Hbond substituents is 1. The fourth-order valence-corrected chi connectivity index (χ4v) is 4.26. The summed E-state index contributed by atoms with van der Waals surface area (Å²) < 4.78 is 29.8. The number of halogens is 3. The molecule has 6 nitrogen and oxygen atoms in total. The van der Waals surface area contributed by atoms with Crippen molar-refractivity contribution in [1.82, 2.24) is 14.9 Å². The number of rotatable bonds is 4. The van der Waals surface area contributed by atoms with Gasteiger partial charge in [0.15, 0.2) is 5.82 Å². The Hall–Kier alpha value is -2.65. The molecule has 1 saturated heterocycles. The Labute approximate surface area is 187 Å². The first-order chi connectivity index (χ1) is 14.9. The van der Waals surface area contributed by atoms with Crippen LogP contribution in [0.5, 0.6) is 5.75 Å². The lowest BCUT2D eigenvalue weighted by Gasteiger charge is -2.35. The van der Waals surface area contributed by atoms with Crippen molar-refractivity contribution < 1.29 is 18.7 Å². The highest BCUT2D eigenvalue weighted by Gasteiger charge is 2.26. The Morgan fingerprint density at radius 1 is 1.16 bits per heavy atom. The Kier molecular flexibility index (Phi) is 6.15. The van der Waals surface area contributed by atoms with Crippen LogP contribution >= 0.6 is 24.2 Å². The van der Waals surface area contributed by atoms with Crippen LogP contribution < -0.4 is 4.90 Å². The third-order valence-corrected chi connectivity index (χ3v) is 5.82. The number of hydrogen-bond acceptors (Lipinski definition) is 6. The normalized spacial score (nSPS) is 14.3. The summed E-state index contributed by atoms with van der Waals surface area (Å²) in [7, 11) is 0. The quantitative estimate of drug-likeness (QED) is 0.573. The molecule has 0 radical (unpaired) electrons. The lowest BCUT2D eigenvalue weighted by molar-refractivity contribution is -0.131. The molecule has 3 aromatic rings. The van der Waals surface area contributed by atoms with Gasteiger partial charge in [-0.2, -0.15) is 12.6 Å². The van der Waals surface area contributed by atoms with E-state index in [0.717, 1.165) is 6.07 Å². The molecule has 2 aromatic carbocycles. The minimum absolute atomic E-state index is 0.0272. The number of aromatic hydroxyl groups is 1. The molecule has 0 atom stereocenters. The van der Waals surface area contributed by atoms with Gasteiger partial charge in [-0.3, -0.25) is 4.79 Å². The van der Waals surface area contributed by atoms with E-state index in [-0.39, 0.29) is 27.6 Å². The number of amides is 1.